The summed E-state index contributed by atoms with van der Waals surface area (Å²) in [6.45, 7) is 3.35. The maximum absolute atomic E-state index is 3.36. The Morgan fingerprint density at radius 1 is 1.06 bits per heavy atom. The first kappa shape index (κ1) is 12.6. The van der Waals surface area contributed by atoms with Gasteiger partial charge in [-0.1, -0.05) is 42.7 Å². The van der Waals surface area contributed by atoms with Crippen LogP contribution in [0.1, 0.15) is 36.8 Å². The molecule has 0 radical (unpaired) electrons. The van der Waals surface area contributed by atoms with Gasteiger partial charge in [-0.05, 0) is 57.2 Å². The van der Waals surface area contributed by atoms with Gasteiger partial charge in [-0.15, -0.1) is 0 Å². The Kier molecular flexibility index (Phi) is 4.61. The van der Waals surface area contributed by atoms with Crippen LogP contribution in [0.25, 0.3) is 0 Å². The van der Waals surface area contributed by atoms with Gasteiger partial charge in [0.2, 0.25) is 0 Å². The Morgan fingerprint density at radius 3 is 2.35 bits per heavy atom. The first-order chi connectivity index (χ1) is 8.29. The first-order valence-corrected chi connectivity index (χ1v) is 6.99. The standard InChI is InChI=1S/C16H25N/c1-13-7-9-14(10-8-13)11-15-5-3-4-6-16(15)12-17-2/h7-10,15-17H,3-6,11-12H2,1-2H3. The van der Waals surface area contributed by atoms with Gasteiger partial charge in [-0.25, -0.2) is 0 Å². The Morgan fingerprint density at radius 2 is 1.71 bits per heavy atom. The van der Waals surface area contributed by atoms with Crippen molar-refractivity contribution in [2.75, 3.05) is 13.6 Å². The van der Waals surface area contributed by atoms with E-state index in [1.165, 1.54) is 49.8 Å². The number of aryl methyl sites for hydroxylation is 1. The van der Waals surface area contributed by atoms with Crippen molar-refractivity contribution in [1.82, 2.24) is 5.32 Å². The summed E-state index contributed by atoms with van der Waals surface area (Å²) in [5.74, 6) is 1.77. The molecular formula is C16H25N. The summed E-state index contributed by atoms with van der Waals surface area (Å²) in [6.07, 6.45) is 6.96. The second-order valence-electron chi connectivity index (χ2n) is 5.55. The van der Waals surface area contributed by atoms with Crippen LogP contribution in [0.15, 0.2) is 24.3 Å². The van der Waals surface area contributed by atoms with Crippen molar-refractivity contribution in [3.8, 4) is 0 Å². The normalized spacial score (nSPS) is 24.8. The van der Waals surface area contributed by atoms with Crippen LogP contribution < -0.4 is 5.32 Å². The van der Waals surface area contributed by atoms with Crippen molar-refractivity contribution in [3.05, 3.63) is 35.4 Å². The van der Waals surface area contributed by atoms with Gasteiger partial charge in [-0.2, -0.15) is 0 Å². The lowest BCUT2D eigenvalue weighted by Gasteiger charge is -2.31. The molecule has 1 aliphatic carbocycles. The highest BCUT2D eigenvalue weighted by molar-refractivity contribution is 5.21. The van der Waals surface area contributed by atoms with Crippen LogP contribution in [0.2, 0.25) is 0 Å². The maximum atomic E-state index is 3.36. The van der Waals surface area contributed by atoms with Crippen molar-refractivity contribution in [1.29, 1.82) is 0 Å². The van der Waals surface area contributed by atoms with E-state index in [0.29, 0.717) is 0 Å². The molecule has 1 nitrogen and oxygen atoms in total. The van der Waals surface area contributed by atoms with Gasteiger partial charge in [-0.3, -0.25) is 0 Å². The van der Waals surface area contributed by atoms with Crippen LogP contribution in [-0.4, -0.2) is 13.6 Å². The molecule has 2 unspecified atom stereocenters. The lowest BCUT2D eigenvalue weighted by Crippen LogP contribution is -2.30. The third-order valence-corrected chi connectivity index (χ3v) is 4.15. The minimum Gasteiger partial charge on any atom is -0.319 e. The molecule has 0 spiro atoms. The van der Waals surface area contributed by atoms with Crippen molar-refractivity contribution < 1.29 is 0 Å². The number of benzene rings is 1. The second kappa shape index (κ2) is 6.20. The van der Waals surface area contributed by atoms with Gasteiger partial charge >= 0.3 is 0 Å². The molecule has 0 aromatic heterocycles. The van der Waals surface area contributed by atoms with E-state index in [4.69, 9.17) is 0 Å². The monoisotopic (exact) mass is 231 g/mol. The second-order valence-corrected chi connectivity index (χ2v) is 5.55. The Hall–Kier alpha value is -0.820. The quantitative estimate of drug-likeness (QED) is 0.835. The van der Waals surface area contributed by atoms with Gasteiger partial charge in [0.1, 0.15) is 0 Å². The zero-order valence-electron chi connectivity index (χ0n) is 11.2. The van der Waals surface area contributed by atoms with Gasteiger partial charge in [0.05, 0.1) is 0 Å². The predicted molar refractivity (Wildman–Crippen MR) is 74.3 cm³/mol. The molecule has 17 heavy (non-hydrogen) atoms. The molecule has 2 atom stereocenters. The molecule has 1 aromatic carbocycles. The van der Waals surface area contributed by atoms with E-state index in [1.807, 2.05) is 0 Å². The zero-order valence-corrected chi connectivity index (χ0v) is 11.2. The summed E-state index contributed by atoms with van der Waals surface area (Å²) in [6, 6.07) is 9.09. The smallest absolute Gasteiger partial charge is 0.00208 e. The van der Waals surface area contributed by atoms with E-state index in [0.717, 1.165) is 11.8 Å². The van der Waals surface area contributed by atoms with E-state index in [1.54, 1.807) is 0 Å². The fraction of sp³-hybridized carbons (Fsp3) is 0.625. The molecule has 94 valence electrons. The minimum absolute atomic E-state index is 0.884. The third-order valence-electron chi connectivity index (χ3n) is 4.15. The molecule has 1 aromatic rings. The minimum atomic E-state index is 0.884. The molecule has 0 aliphatic heterocycles. The molecule has 1 aliphatic rings. The zero-order chi connectivity index (χ0) is 12.1. The molecule has 1 saturated carbocycles. The van der Waals surface area contributed by atoms with Crippen molar-refractivity contribution in [2.24, 2.45) is 11.8 Å². The Labute approximate surface area is 106 Å². The summed E-state index contributed by atoms with van der Waals surface area (Å²) < 4.78 is 0. The molecule has 1 heteroatoms. The molecule has 1 fully saturated rings. The molecule has 0 bridgehead atoms. The summed E-state index contributed by atoms with van der Waals surface area (Å²) in [4.78, 5) is 0. The molecule has 1 N–H and O–H groups in total. The predicted octanol–water partition coefficient (Wildman–Crippen LogP) is 3.56. The van der Waals surface area contributed by atoms with Gasteiger partial charge in [0.25, 0.3) is 0 Å². The molecule has 0 heterocycles. The highest BCUT2D eigenvalue weighted by Crippen LogP contribution is 2.32. The van der Waals surface area contributed by atoms with E-state index >= 15 is 0 Å². The average molecular weight is 231 g/mol. The number of hydrogen-bond donors (Lipinski definition) is 1. The van der Waals surface area contributed by atoms with Gasteiger partial charge in [0, 0.05) is 0 Å². The summed E-state index contributed by atoms with van der Waals surface area (Å²) >= 11 is 0. The number of rotatable bonds is 4. The van der Waals surface area contributed by atoms with Crippen molar-refractivity contribution in [3.63, 3.8) is 0 Å². The highest BCUT2D eigenvalue weighted by Gasteiger charge is 2.24. The lowest BCUT2D eigenvalue weighted by atomic mass is 9.76. The molecular weight excluding hydrogens is 206 g/mol. The molecule has 2 rings (SSSR count). The van der Waals surface area contributed by atoms with E-state index in [9.17, 15) is 0 Å². The van der Waals surface area contributed by atoms with Crippen molar-refractivity contribution in [2.45, 2.75) is 39.0 Å². The molecule has 0 saturated heterocycles. The Bertz CT molecular complexity index is 326. The Balaban J connectivity index is 1.97. The van der Waals surface area contributed by atoms with Crippen LogP contribution in [0, 0.1) is 18.8 Å². The van der Waals surface area contributed by atoms with Crippen LogP contribution in [-0.2, 0) is 6.42 Å². The summed E-state index contributed by atoms with van der Waals surface area (Å²) in [5.41, 5.74) is 2.88. The fourth-order valence-electron chi connectivity index (χ4n) is 3.11. The van der Waals surface area contributed by atoms with Gasteiger partial charge in [0.15, 0.2) is 0 Å². The first-order valence-electron chi connectivity index (χ1n) is 6.99. The maximum Gasteiger partial charge on any atom is -0.00208 e. The van der Waals surface area contributed by atoms with Crippen LogP contribution in [0.3, 0.4) is 0 Å². The van der Waals surface area contributed by atoms with E-state index < -0.39 is 0 Å². The number of nitrogens with one attached hydrogen (secondary N) is 1. The van der Waals surface area contributed by atoms with Crippen LogP contribution in [0.5, 0.6) is 0 Å². The molecule has 0 amide bonds. The SMILES string of the molecule is CNCC1CCCCC1Cc1ccc(C)cc1. The van der Waals surface area contributed by atoms with Crippen LogP contribution >= 0.6 is 0 Å². The third kappa shape index (κ3) is 3.57. The topological polar surface area (TPSA) is 12.0 Å². The largest absolute Gasteiger partial charge is 0.319 e. The summed E-state index contributed by atoms with van der Waals surface area (Å²) in [5, 5.41) is 3.36. The van der Waals surface area contributed by atoms with Crippen LogP contribution in [0.4, 0.5) is 0 Å². The fourth-order valence-corrected chi connectivity index (χ4v) is 3.11. The highest BCUT2D eigenvalue weighted by atomic mass is 14.8. The van der Waals surface area contributed by atoms with Gasteiger partial charge < -0.3 is 5.32 Å². The van der Waals surface area contributed by atoms with Crippen molar-refractivity contribution >= 4 is 0 Å². The van der Waals surface area contributed by atoms with E-state index in [2.05, 4.69) is 43.6 Å². The summed E-state index contributed by atoms with van der Waals surface area (Å²) in [7, 11) is 2.08. The lowest BCUT2D eigenvalue weighted by molar-refractivity contribution is 0.232. The van der Waals surface area contributed by atoms with E-state index in [-0.39, 0.29) is 0 Å². The number of hydrogen-bond acceptors (Lipinski definition) is 1. The average Bonchev–Trinajstić information content (AvgIpc) is 2.35.